The fourth-order valence-electron chi connectivity index (χ4n) is 7.62. The Kier molecular flexibility index (Phi) is 7.07. The third kappa shape index (κ3) is 4.67. The Hall–Kier alpha value is -1.44. The zero-order valence-corrected chi connectivity index (χ0v) is 25.9. The van der Waals surface area contributed by atoms with Crippen LogP contribution in [-0.2, 0) is 13.7 Å². The van der Waals surface area contributed by atoms with E-state index in [0.717, 1.165) is 30.8 Å². The molecule has 2 bridgehead atoms. The minimum Gasteiger partial charge on any atom is -0.413 e. The van der Waals surface area contributed by atoms with Gasteiger partial charge in [-0.15, -0.1) is 6.58 Å². The molecule has 0 aromatic heterocycles. The SMILES string of the molecule is C=C(B1O[C@H]2C[C@H]3C[C@H](C3(C)C)[C@@]2(C)O1)[C@H](CCO[Si](C)(C)c1ccccc1)[Si](C)(C)c1ccccc1. The number of allylic oxidation sites excluding steroid dienone is 1. The largest absolute Gasteiger partial charge is 0.489 e. The third-order valence-electron chi connectivity index (χ3n) is 10.4. The Morgan fingerprint density at radius 2 is 1.57 bits per heavy atom. The van der Waals surface area contributed by atoms with Crippen LogP contribution < -0.4 is 10.4 Å². The number of hydrogen-bond acceptors (Lipinski definition) is 3. The quantitative estimate of drug-likeness (QED) is 0.354. The van der Waals surface area contributed by atoms with E-state index in [0.29, 0.717) is 16.9 Å². The molecule has 2 aromatic rings. The Bertz CT molecular complexity index is 1120. The van der Waals surface area contributed by atoms with E-state index >= 15 is 0 Å². The van der Waals surface area contributed by atoms with Crippen molar-refractivity contribution < 1.29 is 13.7 Å². The second-order valence-corrected chi connectivity index (χ2v) is 22.1. The van der Waals surface area contributed by atoms with E-state index in [-0.39, 0.29) is 18.8 Å². The van der Waals surface area contributed by atoms with Gasteiger partial charge in [0, 0.05) is 6.61 Å². The van der Waals surface area contributed by atoms with Crippen LogP contribution in [0.1, 0.15) is 40.0 Å². The summed E-state index contributed by atoms with van der Waals surface area (Å²) in [5.41, 5.74) is 1.54. The molecule has 3 aliphatic carbocycles. The highest BCUT2D eigenvalue weighted by atomic mass is 28.4. The fraction of sp³-hybridized carbons (Fsp3) is 0.548. The van der Waals surface area contributed by atoms with E-state index in [9.17, 15) is 0 Å². The van der Waals surface area contributed by atoms with Crippen molar-refractivity contribution in [3.8, 4) is 0 Å². The topological polar surface area (TPSA) is 27.7 Å². The maximum absolute atomic E-state index is 6.90. The fourth-order valence-corrected chi connectivity index (χ4v) is 12.8. The summed E-state index contributed by atoms with van der Waals surface area (Å²) in [7, 11) is -4.26. The molecule has 1 heterocycles. The van der Waals surface area contributed by atoms with Crippen LogP contribution in [0.5, 0.6) is 0 Å². The predicted molar refractivity (Wildman–Crippen MR) is 161 cm³/mol. The molecular formula is C31H45BO3Si2. The summed E-state index contributed by atoms with van der Waals surface area (Å²) in [5, 5.41) is 2.79. The first-order valence-electron chi connectivity index (χ1n) is 14.1. The number of rotatable bonds is 9. The van der Waals surface area contributed by atoms with Gasteiger partial charge in [-0.2, -0.15) is 0 Å². The molecule has 2 aromatic carbocycles. The molecule has 37 heavy (non-hydrogen) atoms. The van der Waals surface area contributed by atoms with Crippen LogP contribution in [-0.4, -0.2) is 41.8 Å². The van der Waals surface area contributed by atoms with Gasteiger partial charge in [-0.25, -0.2) is 0 Å². The van der Waals surface area contributed by atoms with E-state index in [1.54, 1.807) is 0 Å². The van der Waals surface area contributed by atoms with Crippen molar-refractivity contribution in [2.75, 3.05) is 6.61 Å². The molecule has 1 saturated heterocycles. The molecule has 4 aliphatic rings. The average molecular weight is 533 g/mol. The van der Waals surface area contributed by atoms with Gasteiger partial charge in [-0.05, 0) is 72.7 Å². The summed E-state index contributed by atoms with van der Waals surface area (Å²) >= 11 is 0. The van der Waals surface area contributed by atoms with E-state index in [4.69, 9.17) is 20.3 Å². The molecule has 6 heteroatoms. The van der Waals surface area contributed by atoms with E-state index in [1.807, 2.05) is 0 Å². The smallest absolute Gasteiger partial charge is 0.413 e. The molecule has 0 unspecified atom stereocenters. The highest BCUT2D eigenvalue weighted by Crippen LogP contribution is 2.66. The van der Waals surface area contributed by atoms with E-state index in [1.165, 1.54) is 16.8 Å². The zero-order valence-electron chi connectivity index (χ0n) is 23.9. The number of benzene rings is 2. The normalized spacial score (nSPS) is 29.4. The van der Waals surface area contributed by atoms with Gasteiger partial charge in [-0.1, -0.05) is 92.8 Å². The second kappa shape index (κ2) is 9.63. The summed E-state index contributed by atoms with van der Waals surface area (Å²) in [6, 6.07) is 21.8. The van der Waals surface area contributed by atoms with Crippen LogP contribution in [0.4, 0.5) is 0 Å². The Labute approximate surface area is 227 Å². The first kappa shape index (κ1) is 27.1. The van der Waals surface area contributed by atoms with Crippen molar-refractivity contribution in [2.45, 2.75) is 83.5 Å². The van der Waals surface area contributed by atoms with Crippen LogP contribution in [0.15, 0.2) is 72.7 Å². The van der Waals surface area contributed by atoms with Crippen molar-refractivity contribution >= 4 is 33.9 Å². The summed E-state index contributed by atoms with van der Waals surface area (Å²) < 4.78 is 20.3. The Balaban J connectivity index is 1.36. The molecule has 3 saturated carbocycles. The van der Waals surface area contributed by atoms with E-state index in [2.05, 4.69) is 108 Å². The molecule has 5 atom stereocenters. The average Bonchev–Trinajstić information content (AvgIpc) is 3.24. The third-order valence-corrected chi connectivity index (χ3v) is 17.3. The monoisotopic (exact) mass is 532 g/mol. The maximum atomic E-state index is 6.90. The predicted octanol–water partition coefficient (Wildman–Crippen LogP) is 6.31. The Morgan fingerprint density at radius 1 is 0.973 bits per heavy atom. The van der Waals surface area contributed by atoms with Crippen LogP contribution in [0.25, 0.3) is 0 Å². The van der Waals surface area contributed by atoms with Gasteiger partial charge in [-0.3, -0.25) is 0 Å². The van der Waals surface area contributed by atoms with Gasteiger partial charge >= 0.3 is 7.12 Å². The lowest BCUT2D eigenvalue weighted by atomic mass is 9.43. The lowest BCUT2D eigenvalue weighted by molar-refractivity contribution is -0.199. The van der Waals surface area contributed by atoms with Crippen molar-refractivity contribution in [2.24, 2.45) is 17.3 Å². The van der Waals surface area contributed by atoms with Crippen molar-refractivity contribution in [3.63, 3.8) is 0 Å². The first-order chi connectivity index (χ1) is 17.4. The minimum atomic E-state index is -1.98. The minimum absolute atomic E-state index is 0.175. The molecule has 0 spiro atoms. The summed E-state index contributed by atoms with van der Waals surface area (Å²) in [4.78, 5) is 0. The summed E-state index contributed by atoms with van der Waals surface area (Å²) in [6.45, 7) is 22.1. The first-order valence-corrected chi connectivity index (χ1v) is 20.1. The highest BCUT2D eigenvalue weighted by Gasteiger charge is 2.68. The molecule has 4 fully saturated rings. The molecule has 3 nitrogen and oxygen atoms in total. The van der Waals surface area contributed by atoms with Crippen LogP contribution in [0, 0.1) is 17.3 Å². The molecule has 198 valence electrons. The molecular weight excluding hydrogens is 487 g/mol. The molecule has 0 N–H and O–H groups in total. The van der Waals surface area contributed by atoms with Gasteiger partial charge < -0.3 is 13.7 Å². The lowest BCUT2D eigenvalue weighted by Gasteiger charge is -2.64. The van der Waals surface area contributed by atoms with Gasteiger partial charge in [0.15, 0.2) is 0 Å². The van der Waals surface area contributed by atoms with Crippen molar-refractivity contribution in [3.05, 3.63) is 72.7 Å². The van der Waals surface area contributed by atoms with Crippen molar-refractivity contribution in [1.29, 1.82) is 0 Å². The maximum Gasteiger partial charge on any atom is 0.489 e. The standard InChI is InChI=1S/C31H45BO3Si2/c1-23(32-34-29-22-24-21-28(30(24,2)3)31(29,4)35-32)27(36(5,6)25-15-11-9-12-16-25)19-20-33-37(7,8)26-17-13-10-14-18-26/h9-18,24,27-29H,1,19-22H2,2-8H3/t24-,27+,28-,29+,31-/m1/s1. The lowest BCUT2D eigenvalue weighted by Crippen LogP contribution is -2.65. The highest BCUT2D eigenvalue weighted by molar-refractivity contribution is 6.92. The van der Waals surface area contributed by atoms with E-state index < -0.39 is 16.4 Å². The van der Waals surface area contributed by atoms with Gasteiger partial charge in [0.2, 0.25) is 8.32 Å². The zero-order chi connectivity index (χ0) is 26.6. The summed E-state index contributed by atoms with van der Waals surface area (Å²) in [6.07, 6.45) is 3.49. The molecule has 0 radical (unpaired) electrons. The molecule has 6 rings (SSSR count). The van der Waals surface area contributed by atoms with Crippen LogP contribution >= 0.6 is 0 Å². The van der Waals surface area contributed by atoms with Gasteiger partial charge in [0.1, 0.15) is 0 Å². The molecule has 0 amide bonds. The number of hydrogen-bond donors (Lipinski definition) is 0. The van der Waals surface area contributed by atoms with Gasteiger partial charge in [0.25, 0.3) is 0 Å². The van der Waals surface area contributed by atoms with Gasteiger partial charge in [0.05, 0.1) is 19.8 Å². The van der Waals surface area contributed by atoms with Crippen molar-refractivity contribution in [1.82, 2.24) is 0 Å². The van der Waals surface area contributed by atoms with Crippen LogP contribution in [0.2, 0.25) is 31.7 Å². The molecule has 1 aliphatic heterocycles. The Morgan fingerprint density at radius 3 is 2.16 bits per heavy atom. The second-order valence-electron chi connectivity index (χ2n) is 13.5. The summed E-state index contributed by atoms with van der Waals surface area (Å²) in [5.74, 6) is 1.30. The van der Waals surface area contributed by atoms with Crippen LogP contribution in [0.3, 0.4) is 0 Å².